The molecule has 4 saturated heterocycles. The van der Waals surface area contributed by atoms with Gasteiger partial charge in [0.05, 0.1) is 24.5 Å². The first-order chi connectivity index (χ1) is 17.1. The first-order valence-electron chi connectivity index (χ1n) is 12.8. The van der Waals surface area contributed by atoms with Crippen molar-refractivity contribution in [3.8, 4) is 0 Å². The number of hydrogen-bond acceptors (Lipinski definition) is 8. The Morgan fingerprint density at radius 2 is 1.97 bits per heavy atom. The van der Waals surface area contributed by atoms with Crippen LogP contribution in [0.25, 0.3) is 0 Å². The van der Waals surface area contributed by atoms with Gasteiger partial charge in [0.15, 0.2) is 0 Å². The first kappa shape index (κ1) is 25.5. The highest BCUT2D eigenvalue weighted by molar-refractivity contribution is 8.03. The molecule has 0 aromatic heterocycles. The number of carbonyl (C=O) groups is 4. The lowest BCUT2D eigenvalue weighted by Gasteiger charge is -2.47. The van der Waals surface area contributed by atoms with Crippen molar-refractivity contribution >= 4 is 35.5 Å². The monoisotopic (exact) mass is 520 g/mol. The zero-order valence-electron chi connectivity index (χ0n) is 21.2. The van der Waals surface area contributed by atoms with Gasteiger partial charge in [-0.15, -0.1) is 11.8 Å². The predicted octanol–water partition coefficient (Wildman–Crippen LogP) is -1.14. The fourth-order valence-corrected chi connectivity index (χ4v) is 8.23. The molecule has 2 bridgehead atoms. The van der Waals surface area contributed by atoms with Crippen LogP contribution in [0.15, 0.2) is 10.6 Å². The van der Waals surface area contributed by atoms with E-state index in [0.29, 0.717) is 30.0 Å². The summed E-state index contributed by atoms with van der Waals surface area (Å²) in [5.41, 5.74) is 0.0576. The number of nitrogens with zero attached hydrogens (tertiary/aromatic N) is 3. The van der Waals surface area contributed by atoms with E-state index in [0.717, 1.165) is 19.5 Å². The summed E-state index contributed by atoms with van der Waals surface area (Å²) in [4.78, 5) is 56.9. The summed E-state index contributed by atoms with van der Waals surface area (Å²) in [7, 11) is 3.79. The Kier molecular flexibility index (Phi) is 6.81. The van der Waals surface area contributed by atoms with E-state index in [2.05, 4.69) is 27.9 Å². The normalized spacial score (nSPS) is 36.3. The Balaban J connectivity index is 1.24. The van der Waals surface area contributed by atoms with E-state index >= 15 is 0 Å². The summed E-state index contributed by atoms with van der Waals surface area (Å²) in [5.74, 6) is -2.05. The molecule has 11 nitrogen and oxygen atoms in total. The molecular formula is C24H36N6O5S. The van der Waals surface area contributed by atoms with Gasteiger partial charge in [-0.3, -0.25) is 19.3 Å². The Bertz CT molecular complexity index is 1000. The molecule has 0 spiro atoms. The van der Waals surface area contributed by atoms with Gasteiger partial charge in [-0.25, -0.2) is 4.79 Å². The number of nitrogens with one attached hydrogen (secondary N) is 3. The molecule has 0 aliphatic carbocycles. The average molecular weight is 521 g/mol. The van der Waals surface area contributed by atoms with Gasteiger partial charge >= 0.3 is 5.97 Å². The van der Waals surface area contributed by atoms with Crippen molar-refractivity contribution in [1.82, 2.24) is 30.7 Å². The predicted molar refractivity (Wildman–Crippen MR) is 134 cm³/mol. The van der Waals surface area contributed by atoms with Crippen LogP contribution in [-0.4, -0.2) is 119 Å². The summed E-state index contributed by atoms with van der Waals surface area (Å²) in [5, 5.41) is 19.1. The number of piperazine rings is 1. The molecule has 4 fully saturated rings. The van der Waals surface area contributed by atoms with E-state index in [9.17, 15) is 24.3 Å². The molecule has 0 radical (unpaired) electrons. The van der Waals surface area contributed by atoms with Crippen LogP contribution in [0.3, 0.4) is 0 Å². The minimum atomic E-state index is -1.11. The topological polar surface area (TPSA) is 134 Å². The zero-order chi connectivity index (χ0) is 25.9. The van der Waals surface area contributed by atoms with Gasteiger partial charge in [0.25, 0.3) is 0 Å². The molecule has 3 amide bonds. The van der Waals surface area contributed by atoms with Crippen molar-refractivity contribution in [3.63, 3.8) is 0 Å². The third-order valence-corrected chi connectivity index (χ3v) is 10.0. The van der Waals surface area contributed by atoms with Crippen LogP contribution in [-0.2, 0) is 19.2 Å². The van der Waals surface area contributed by atoms with Crippen molar-refractivity contribution in [2.45, 2.75) is 62.1 Å². The largest absolute Gasteiger partial charge is 0.477 e. The molecule has 5 aliphatic heterocycles. The maximum absolute atomic E-state index is 13.2. The molecule has 0 aromatic rings. The number of β-lactam (4-membered cyclic amide) rings is 1. The van der Waals surface area contributed by atoms with Crippen LogP contribution < -0.4 is 16.0 Å². The van der Waals surface area contributed by atoms with Gasteiger partial charge in [-0.1, -0.05) is 6.92 Å². The number of aliphatic carboxylic acids is 1. The van der Waals surface area contributed by atoms with Crippen molar-refractivity contribution in [2.75, 3.05) is 40.3 Å². The summed E-state index contributed by atoms with van der Waals surface area (Å²) in [6, 6.07) is -0.203. The highest BCUT2D eigenvalue weighted by Crippen LogP contribution is 2.52. The van der Waals surface area contributed by atoms with Crippen molar-refractivity contribution in [2.24, 2.45) is 11.8 Å². The Hall–Kier alpha value is -2.15. The van der Waals surface area contributed by atoms with Crippen molar-refractivity contribution in [3.05, 3.63) is 10.6 Å². The van der Waals surface area contributed by atoms with Gasteiger partial charge in [0.2, 0.25) is 17.7 Å². The number of carbonyl (C=O) groups excluding carboxylic acids is 3. The minimum absolute atomic E-state index is 0.0493. The van der Waals surface area contributed by atoms with Crippen LogP contribution in [0, 0.1) is 11.8 Å². The van der Waals surface area contributed by atoms with Gasteiger partial charge in [0, 0.05) is 53.8 Å². The third kappa shape index (κ3) is 4.11. The molecule has 5 aliphatic rings. The first-order valence-corrected chi connectivity index (χ1v) is 13.7. The minimum Gasteiger partial charge on any atom is -0.477 e. The molecule has 198 valence electrons. The number of amides is 3. The smallest absolute Gasteiger partial charge is 0.353 e. The lowest BCUT2D eigenvalue weighted by Crippen LogP contribution is -2.66. The van der Waals surface area contributed by atoms with Crippen LogP contribution in [0.1, 0.15) is 26.7 Å². The highest BCUT2D eigenvalue weighted by Gasteiger charge is 2.60. The number of rotatable bonds is 8. The molecule has 4 N–H and O–H groups in total. The molecular weight excluding hydrogens is 484 g/mol. The quantitative estimate of drug-likeness (QED) is 0.293. The van der Waals surface area contributed by atoms with Crippen LogP contribution >= 0.6 is 11.8 Å². The maximum atomic E-state index is 13.2. The molecule has 5 heterocycles. The summed E-state index contributed by atoms with van der Waals surface area (Å²) < 4.78 is 0. The third-order valence-electron chi connectivity index (χ3n) is 8.54. The Labute approximate surface area is 215 Å². The van der Waals surface area contributed by atoms with Gasteiger partial charge in [-0.2, -0.15) is 0 Å². The van der Waals surface area contributed by atoms with Gasteiger partial charge in [0.1, 0.15) is 5.70 Å². The van der Waals surface area contributed by atoms with Crippen molar-refractivity contribution in [1.29, 1.82) is 0 Å². The fourth-order valence-electron chi connectivity index (χ4n) is 6.75. The fraction of sp³-hybridized carbons (Fsp3) is 0.750. The molecule has 2 unspecified atom stereocenters. The summed E-state index contributed by atoms with van der Waals surface area (Å²) >= 11 is 1.49. The van der Waals surface area contributed by atoms with E-state index in [-0.39, 0.29) is 53.2 Å². The zero-order valence-corrected chi connectivity index (χ0v) is 22.0. The standard InChI is InChI=1S/C24H36N6O5S/c1-11-19-18(12(2)27-17(31)8-25-3)23(33)30(19)20(24(34)35)21(11)36-15-6-16(26-7-15)22(32)29-10-13-5-14(29)9-28(13)4/h11-16,18-19,25-26H,5-10H2,1-4H3,(H,27,31)(H,34,35)/t11-,12-,13?,14?,15+,16+,18-,19-/m1/s1. The maximum Gasteiger partial charge on any atom is 0.353 e. The number of thioether (sulfide) groups is 1. The van der Waals surface area contributed by atoms with Crippen molar-refractivity contribution < 1.29 is 24.3 Å². The lowest BCUT2D eigenvalue weighted by atomic mass is 9.78. The molecule has 12 heteroatoms. The average Bonchev–Trinajstić information content (AvgIpc) is 3.57. The van der Waals surface area contributed by atoms with Gasteiger partial charge in [-0.05, 0) is 33.9 Å². The summed E-state index contributed by atoms with van der Waals surface area (Å²) in [6.45, 7) is 6.23. The van der Waals surface area contributed by atoms with Crippen LogP contribution in [0.2, 0.25) is 0 Å². The number of carboxylic acid groups (broad SMARTS) is 1. The van der Waals surface area contributed by atoms with Gasteiger partial charge < -0.3 is 30.9 Å². The molecule has 0 saturated carbocycles. The number of carboxylic acids is 1. The number of likely N-dealkylation sites (N-methyl/N-ethyl adjacent to an activating group) is 2. The lowest BCUT2D eigenvalue weighted by molar-refractivity contribution is -0.158. The molecule has 0 aromatic carbocycles. The Morgan fingerprint density at radius 3 is 2.58 bits per heavy atom. The second kappa shape index (κ2) is 9.62. The van der Waals surface area contributed by atoms with E-state index < -0.39 is 17.9 Å². The van der Waals surface area contributed by atoms with E-state index in [1.807, 2.05) is 11.8 Å². The van der Waals surface area contributed by atoms with E-state index in [4.69, 9.17) is 0 Å². The summed E-state index contributed by atoms with van der Waals surface area (Å²) in [6.07, 6.45) is 1.68. The second-order valence-corrected chi connectivity index (χ2v) is 12.2. The van der Waals surface area contributed by atoms with Crippen LogP contribution in [0.5, 0.6) is 0 Å². The molecule has 36 heavy (non-hydrogen) atoms. The van der Waals surface area contributed by atoms with E-state index in [1.165, 1.54) is 16.7 Å². The SMILES string of the molecule is CNCC(=O)N[C@H](C)[C@H]1C(=O)N2C(C(=O)O)=C(S[C@@H]3CN[C@H](C(=O)N4CC5CC4CN5C)C3)[C@H](C)[C@H]12. The number of hydrogen-bond donors (Lipinski definition) is 4. The number of likely N-dealkylation sites (tertiary alicyclic amines) is 2. The highest BCUT2D eigenvalue weighted by atomic mass is 32.2. The van der Waals surface area contributed by atoms with E-state index in [1.54, 1.807) is 14.0 Å². The second-order valence-electron chi connectivity index (χ2n) is 10.8. The Morgan fingerprint density at radius 1 is 1.22 bits per heavy atom. The van der Waals surface area contributed by atoms with Crippen LogP contribution in [0.4, 0.5) is 0 Å². The molecule has 8 atom stereocenters. The molecule has 5 rings (SSSR count). The number of fused-ring (bicyclic) bond motifs is 3.